The maximum atomic E-state index is 13.3. The molecule has 0 unspecified atom stereocenters. The zero-order valence-corrected chi connectivity index (χ0v) is 18.7. The first-order valence-corrected chi connectivity index (χ1v) is 10.5. The molecule has 8 heteroatoms. The summed E-state index contributed by atoms with van der Waals surface area (Å²) in [6, 6.07) is 23.7. The van der Waals surface area contributed by atoms with Gasteiger partial charge in [0.2, 0.25) is 5.90 Å². The number of benzene rings is 3. The van der Waals surface area contributed by atoms with Crippen LogP contribution in [0.3, 0.4) is 0 Å². The second-order valence-electron chi connectivity index (χ2n) is 7.84. The number of nitriles is 1. The Balaban J connectivity index is 1.72. The lowest BCUT2D eigenvalue weighted by Gasteiger charge is -2.23. The summed E-state index contributed by atoms with van der Waals surface area (Å²) in [7, 11) is 1.27. The molecule has 1 aliphatic heterocycles. The molecule has 1 heterocycles. The Morgan fingerprint density at radius 3 is 2.35 bits per heavy atom. The number of cyclic esters (lactones) is 1. The lowest BCUT2D eigenvalue weighted by molar-refractivity contribution is -0.139. The van der Waals surface area contributed by atoms with E-state index in [-0.39, 0.29) is 12.3 Å². The van der Waals surface area contributed by atoms with Crippen LogP contribution in [0.15, 0.2) is 77.8 Å². The van der Waals surface area contributed by atoms with Gasteiger partial charge in [-0.15, -0.1) is 0 Å². The minimum Gasteiger partial charge on any atom is -0.452 e. The molecule has 1 atom stereocenters. The number of nitrogens with one attached hydrogen (secondary N) is 2. The molecule has 170 valence electrons. The van der Waals surface area contributed by atoms with Gasteiger partial charge in [0, 0.05) is 12.0 Å². The average Bonchev–Trinajstić information content (AvgIpc) is 3.20. The lowest BCUT2D eigenvalue weighted by Crippen LogP contribution is -2.34. The van der Waals surface area contributed by atoms with E-state index in [0.29, 0.717) is 22.4 Å². The Labute approximate surface area is 196 Å². The summed E-state index contributed by atoms with van der Waals surface area (Å²) in [5.74, 6) is -0.228. The topological polar surface area (TPSA) is 113 Å². The smallest absolute Gasteiger partial charge is 0.425 e. The van der Waals surface area contributed by atoms with Crippen LogP contribution < -0.4 is 10.9 Å². The summed E-state index contributed by atoms with van der Waals surface area (Å²) < 4.78 is 10.2. The monoisotopic (exact) mass is 454 g/mol. The SMILES string of the molecule is COC(=O)NNc1ccc([C@@]2(Cc3ccc(C#N)cc3)N=C(c3ccc(C)cc3)OC2=O)cc1. The Kier molecular flexibility index (Phi) is 6.28. The highest BCUT2D eigenvalue weighted by Crippen LogP contribution is 2.37. The van der Waals surface area contributed by atoms with E-state index in [1.165, 1.54) is 7.11 Å². The van der Waals surface area contributed by atoms with Gasteiger partial charge in [-0.1, -0.05) is 42.0 Å². The quantitative estimate of drug-likeness (QED) is 0.430. The maximum absolute atomic E-state index is 13.3. The normalized spacial score (nSPS) is 16.7. The number of hydrogen-bond acceptors (Lipinski definition) is 7. The molecule has 3 aromatic carbocycles. The molecule has 3 aromatic rings. The molecule has 0 saturated carbocycles. The van der Waals surface area contributed by atoms with E-state index >= 15 is 0 Å². The van der Waals surface area contributed by atoms with E-state index in [4.69, 9.17) is 15.0 Å². The highest BCUT2D eigenvalue weighted by atomic mass is 16.6. The first kappa shape index (κ1) is 22.6. The third kappa shape index (κ3) is 4.59. The molecule has 0 aromatic heterocycles. The molecule has 1 amide bonds. The number of carbonyl (C=O) groups excluding carboxylic acids is 2. The Morgan fingerprint density at radius 1 is 1.06 bits per heavy atom. The standard InChI is InChI=1S/C26H22N4O4/c1-17-3-9-20(10-4-17)23-28-26(24(31)34-23,15-18-5-7-19(16-27)8-6-18)21-11-13-22(14-12-21)29-30-25(32)33-2/h3-14,29H,15H2,1-2H3,(H,30,32)/t26-/m1/s1. The summed E-state index contributed by atoms with van der Waals surface area (Å²) in [4.78, 5) is 29.4. The van der Waals surface area contributed by atoms with Crippen LogP contribution in [0.5, 0.6) is 0 Å². The van der Waals surface area contributed by atoms with Crippen LogP contribution in [0.2, 0.25) is 0 Å². The molecule has 0 spiro atoms. The molecule has 0 fully saturated rings. The second kappa shape index (κ2) is 9.46. The summed E-state index contributed by atoms with van der Waals surface area (Å²) in [5.41, 5.74) is 8.20. The fraction of sp³-hybridized carbons (Fsp3) is 0.154. The van der Waals surface area contributed by atoms with Gasteiger partial charge in [0.05, 0.1) is 24.4 Å². The molecule has 0 radical (unpaired) electrons. The van der Waals surface area contributed by atoms with E-state index in [1.54, 1.807) is 36.4 Å². The van der Waals surface area contributed by atoms with Crippen molar-refractivity contribution in [3.05, 3.63) is 101 Å². The Hall–Kier alpha value is -4.64. The largest absolute Gasteiger partial charge is 0.452 e. The fourth-order valence-electron chi connectivity index (χ4n) is 3.63. The Morgan fingerprint density at radius 2 is 1.74 bits per heavy atom. The van der Waals surface area contributed by atoms with Gasteiger partial charge in [0.25, 0.3) is 0 Å². The van der Waals surface area contributed by atoms with E-state index in [9.17, 15) is 9.59 Å². The summed E-state index contributed by atoms with van der Waals surface area (Å²) in [6.45, 7) is 1.98. The van der Waals surface area contributed by atoms with E-state index < -0.39 is 17.6 Å². The second-order valence-corrected chi connectivity index (χ2v) is 7.84. The molecule has 0 aliphatic carbocycles. The average molecular weight is 454 g/mol. The minimum atomic E-state index is -1.30. The lowest BCUT2D eigenvalue weighted by atomic mass is 9.84. The molecule has 4 rings (SSSR count). The van der Waals surface area contributed by atoms with Gasteiger partial charge in [-0.2, -0.15) is 5.26 Å². The van der Waals surface area contributed by atoms with Crippen LogP contribution in [-0.4, -0.2) is 25.1 Å². The number of aliphatic imine (C=N–C) groups is 1. The number of ether oxygens (including phenoxy) is 2. The van der Waals surface area contributed by atoms with Gasteiger partial charge in [0.15, 0.2) is 5.54 Å². The number of anilines is 1. The molecular formula is C26H22N4O4. The number of rotatable bonds is 6. The molecular weight excluding hydrogens is 432 g/mol. The van der Waals surface area contributed by atoms with Gasteiger partial charge in [-0.3, -0.25) is 5.43 Å². The summed E-state index contributed by atoms with van der Waals surface area (Å²) in [6.07, 6.45) is -0.381. The molecule has 2 N–H and O–H groups in total. The zero-order chi connectivity index (χ0) is 24.1. The number of esters is 1. The van der Waals surface area contributed by atoms with Gasteiger partial charge >= 0.3 is 12.1 Å². The molecule has 0 saturated heterocycles. The van der Waals surface area contributed by atoms with Crippen LogP contribution in [0, 0.1) is 18.3 Å². The highest BCUT2D eigenvalue weighted by molar-refractivity contribution is 6.08. The van der Waals surface area contributed by atoms with E-state index in [0.717, 1.165) is 11.1 Å². The predicted molar refractivity (Wildman–Crippen MR) is 126 cm³/mol. The Bertz CT molecular complexity index is 1280. The van der Waals surface area contributed by atoms with Gasteiger partial charge < -0.3 is 9.47 Å². The van der Waals surface area contributed by atoms with E-state index in [2.05, 4.69) is 21.7 Å². The number of methoxy groups -OCH3 is 1. The van der Waals surface area contributed by atoms with Crippen LogP contribution in [0.25, 0.3) is 0 Å². The van der Waals surface area contributed by atoms with Gasteiger partial charge in [-0.05, 0) is 54.4 Å². The third-order valence-corrected chi connectivity index (χ3v) is 5.52. The van der Waals surface area contributed by atoms with Crippen molar-refractivity contribution in [1.82, 2.24) is 5.43 Å². The summed E-state index contributed by atoms with van der Waals surface area (Å²) in [5, 5.41) is 9.10. The van der Waals surface area contributed by atoms with Crippen molar-refractivity contribution in [2.45, 2.75) is 18.9 Å². The first-order valence-electron chi connectivity index (χ1n) is 10.5. The van der Waals surface area contributed by atoms with Crippen LogP contribution in [0.4, 0.5) is 10.5 Å². The molecule has 0 bridgehead atoms. The zero-order valence-electron chi connectivity index (χ0n) is 18.7. The number of nitrogens with zero attached hydrogens (tertiary/aromatic N) is 2. The minimum absolute atomic E-state index is 0.250. The third-order valence-electron chi connectivity index (χ3n) is 5.52. The number of aryl methyl sites for hydroxylation is 1. The highest BCUT2D eigenvalue weighted by Gasteiger charge is 2.48. The fourth-order valence-corrected chi connectivity index (χ4v) is 3.63. The molecule has 1 aliphatic rings. The number of hydrogen-bond donors (Lipinski definition) is 2. The maximum Gasteiger partial charge on any atom is 0.425 e. The van der Waals surface area contributed by atoms with Crippen LogP contribution >= 0.6 is 0 Å². The van der Waals surface area contributed by atoms with Gasteiger partial charge in [0.1, 0.15) is 0 Å². The number of carbonyl (C=O) groups is 2. The summed E-state index contributed by atoms with van der Waals surface area (Å²) >= 11 is 0. The number of hydrazine groups is 1. The van der Waals surface area contributed by atoms with Crippen molar-refractivity contribution >= 4 is 23.6 Å². The van der Waals surface area contributed by atoms with Crippen molar-refractivity contribution in [1.29, 1.82) is 5.26 Å². The predicted octanol–water partition coefficient (Wildman–Crippen LogP) is 3.99. The first-order chi connectivity index (χ1) is 16.4. The molecule has 8 nitrogen and oxygen atoms in total. The molecule has 34 heavy (non-hydrogen) atoms. The van der Waals surface area contributed by atoms with Crippen molar-refractivity contribution in [3.8, 4) is 6.07 Å². The van der Waals surface area contributed by atoms with Gasteiger partial charge in [-0.25, -0.2) is 20.0 Å². The number of amides is 1. The van der Waals surface area contributed by atoms with Crippen molar-refractivity contribution in [2.75, 3.05) is 12.5 Å². The van der Waals surface area contributed by atoms with Crippen LogP contribution in [-0.2, 0) is 26.2 Å². The van der Waals surface area contributed by atoms with Crippen molar-refractivity contribution < 1.29 is 19.1 Å². The van der Waals surface area contributed by atoms with Crippen molar-refractivity contribution in [2.24, 2.45) is 4.99 Å². The van der Waals surface area contributed by atoms with Crippen LogP contribution in [0.1, 0.15) is 27.8 Å². The van der Waals surface area contributed by atoms with E-state index in [1.807, 2.05) is 43.3 Å². The van der Waals surface area contributed by atoms with Crippen molar-refractivity contribution in [3.63, 3.8) is 0 Å².